The number of benzene rings is 2. The standard InChI is InChI=1S/C28H29ClFN7O2/c1-35(2)21-7-9-37(17-21)22-11-19(29)10-20(12-22)33-28(38)34-27-14-23(4-5-25(27)30)39-24-6-8-31-26(13-24)18-15-32-36(3)16-18/h4-6,8,10-16,21H,7,9,17H2,1-3H3,(H2,33,34,38). The summed E-state index contributed by atoms with van der Waals surface area (Å²) in [5, 5.41) is 9.98. The number of aryl methyl sites for hydroxylation is 1. The number of hydrogen-bond donors (Lipinski definition) is 2. The van der Waals surface area contributed by atoms with Gasteiger partial charge in [0.25, 0.3) is 0 Å². The number of amides is 2. The van der Waals surface area contributed by atoms with Crippen LogP contribution in [0.5, 0.6) is 11.5 Å². The van der Waals surface area contributed by atoms with Gasteiger partial charge in [0.2, 0.25) is 0 Å². The number of carbonyl (C=O) groups excluding carboxylic acids is 1. The molecule has 2 N–H and O–H groups in total. The minimum Gasteiger partial charge on any atom is -0.457 e. The van der Waals surface area contributed by atoms with Gasteiger partial charge in [-0.1, -0.05) is 11.6 Å². The highest BCUT2D eigenvalue weighted by atomic mass is 35.5. The normalized spacial score (nSPS) is 15.0. The molecule has 202 valence electrons. The van der Waals surface area contributed by atoms with Crippen LogP contribution in [0.4, 0.5) is 26.2 Å². The minimum absolute atomic E-state index is 0.0258. The fourth-order valence-electron chi connectivity index (χ4n) is 4.50. The van der Waals surface area contributed by atoms with Crippen LogP contribution in [0.2, 0.25) is 5.02 Å². The monoisotopic (exact) mass is 549 g/mol. The van der Waals surface area contributed by atoms with E-state index in [0.29, 0.717) is 33.9 Å². The van der Waals surface area contributed by atoms with E-state index in [4.69, 9.17) is 16.3 Å². The molecule has 0 radical (unpaired) electrons. The van der Waals surface area contributed by atoms with Gasteiger partial charge in [0, 0.05) is 72.7 Å². The summed E-state index contributed by atoms with van der Waals surface area (Å²) in [6, 6.07) is 12.9. The molecule has 1 atom stereocenters. The zero-order valence-corrected chi connectivity index (χ0v) is 22.6. The number of urea groups is 1. The second-order valence-electron chi connectivity index (χ2n) is 9.65. The molecule has 1 unspecified atom stereocenters. The first-order valence-electron chi connectivity index (χ1n) is 12.5. The van der Waals surface area contributed by atoms with Crippen molar-refractivity contribution in [1.82, 2.24) is 19.7 Å². The number of carbonyl (C=O) groups is 1. The first-order chi connectivity index (χ1) is 18.7. The summed E-state index contributed by atoms with van der Waals surface area (Å²) in [5.74, 6) is 0.266. The Labute approximate surface area is 231 Å². The number of likely N-dealkylation sites (N-methyl/N-ethyl adjacent to an activating group) is 1. The van der Waals surface area contributed by atoms with Crippen LogP contribution < -0.4 is 20.3 Å². The summed E-state index contributed by atoms with van der Waals surface area (Å²) in [4.78, 5) is 21.6. The van der Waals surface area contributed by atoms with Gasteiger partial charge in [-0.15, -0.1) is 0 Å². The van der Waals surface area contributed by atoms with Crippen molar-refractivity contribution >= 4 is 34.7 Å². The quantitative estimate of drug-likeness (QED) is 0.301. The van der Waals surface area contributed by atoms with Crippen molar-refractivity contribution in [3.8, 4) is 22.8 Å². The summed E-state index contributed by atoms with van der Waals surface area (Å²) in [7, 11) is 5.96. The average molecular weight is 550 g/mol. The Balaban J connectivity index is 1.26. The zero-order valence-electron chi connectivity index (χ0n) is 21.9. The van der Waals surface area contributed by atoms with Crippen LogP contribution in [0, 0.1) is 5.82 Å². The summed E-state index contributed by atoms with van der Waals surface area (Å²) in [5.41, 5.74) is 2.93. The lowest BCUT2D eigenvalue weighted by Crippen LogP contribution is -2.31. The molecule has 4 aromatic rings. The van der Waals surface area contributed by atoms with Gasteiger partial charge in [0.15, 0.2) is 0 Å². The number of nitrogens with zero attached hydrogens (tertiary/aromatic N) is 5. The first-order valence-corrected chi connectivity index (χ1v) is 12.8. The SMILES string of the molecule is CN(C)C1CCN(c2cc(Cl)cc(NC(=O)Nc3cc(Oc4ccnc(-c5cnn(C)c5)c4)ccc3F)c2)C1. The predicted molar refractivity (Wildman–Crippen MR) is 151 cm³/mol. The molecular formula is C28H29ClFN7O2. The lowest BCUT2D eigenvalue weighted by Gasteiger charge is -2.22. The Morgan fingerprint density at radius 1 is 1.13 bits per heavy atom. The molecule has 1 saturated heterocycles. The number of hydrogen-bond acceptors (Lipinski definition) is 6. The third-order valence-electron chi connectivity index (χ3n) is 6.55. The van der Waals surface area contributed by atoms with E-state index in [9.17, 15) is 9.18 Å². The second kappa shape index (κ2) is 11.3. The lowest BCUT2D eigenvalue weighted by atomic mass is 10.2. The highest BCUT2D eigenvalue weighted by molar-refractivity contribution is 6.31. The molecule has 0 bridgehead atoms. The molecule has 9 nitrogen and oxygen atoms in total. The molecule has 39 heavy (non-hydrogen) atoms. The zero-order chi connectivity index (χ0) is 27.5. The molecule has 0 saturated carbocycles. The molecule has 1 aliphatic rings. The second-order valence-corrected chi connectivity index (χ2v) is 10.1. The van der Waals surface area contributed by atoms with E-state index in [1.807, 2.05) is 25.4 Å². The van der Waals surface area contributed by atoms with Crippen molar-refractivity contribution in [2.75, 3.05) is 42.7 Å². The molecule has 0 spiro atoms. The number of aromatic nitrogens is 3. The average Bonchev–Trinajstić information content (AvgIpc) is 3.56. The Morgan fingerprint density at radius 3 is 2.69 bits per heavy atom. The van der Waals surface area contributed by atoms with Crippen molar-refractivity contribution in [3.05, 3.63) is 78.0 Å². The van der Waals surface area contributed by atoms with Gasteiger partial charge < -0.3 is 25.2 Å². The van der Waals surface area contributed by atoms with Gasteiger partial charge in [-0.25, -0.2) is 9.18 Å². The van der Waals surface area contributed by atoms with E-state index in [2.05, 4.69) is 44.6 Å². The van der Waals surface area contributed by atoms with Gasteiger partial charge in [0.05, 0.1) is 17.6 Å². The van der Waals surface area contributed by atoms with Gasteiger partial charge in [-0.2, -0.15) is 5.10 Å². The summed E-state index contributed by atoms with van der Waals surface area (Å²) < 4.78 is 22.2. The third kappa shape index (κ3) is 6.47. The van der Waals surface area contributed by atoms with E-state index >= 15 is 0 Å². The third-order valence-corrected chi connectivity index (χ3v) is 6.77. The van der Waals surface area contributed by atoms with Crippen LogP contribution in [0.25, 0.3) is 11.3 Å². The number of nitrogens with one attached hydrogen (secondary N) is 2. The van der Waals surface area contributed by atoms with E-state index in [-0.39, 0.29) is 5.69 Å². The minimum atomic E-state index is -0.602. The summed E-state index contributed by atoms with van der Waals surface area (Å²) in [6.07, 6.45) is 6.22. The van der Waals surface area contributed by atoms with E-state index in [1.165, 1.54) is 18.2 Å². The van der Waals surface area contributed by atoms with Crippen LogP contribution in [-0.4, -0.2) is 58.9 Å². The van der Waals surface area contributed by atoms with Crippen LogP contribution in [0.3, 0.4) is 0 Å². The highest BCUT2D eigenvalue weighted by Gasteiger charge is 2.24. The van der Waals surface area contributed by atoms with Gasteiger partial charge in [0.1, 0.15) is 17.3 Å². The number of pyridine rings is 1. The number of ether oxygens (including phenoxy) is 1. The Hall–Kier alpha value is -4.15. The van der Waals surface area contributed by atoms with Crippen molar-refractivity contribution in [3.63, 3.8) is 0 Å². The maximum atomic E-state index is 14.6. The molecule has 1 aliphatic heterocycles. The molecule has 1 fully saturated rings. The molecule has 0 aliphatic carbocycles. The Morgan fingerprint density at radius 2 is 1.95 bits per heavy atom. The van der Waals surface area contributed by atoms with Gasteiger partial charge in [-0.3, -0.25) is 9.67 Å². The number of halogens is 2. The molecule has 3 heterocycles. The van der Waals surface area contributed by atoms with Crippen molar-refractivity contribution < 1.29 is 13.9 Å². The van der Waals surface area contributed by atoms with E-state index < -0.39 is 11.8 Å². The first kappa shape index (κ1) is 26.5. The molecule has 2 aromatic carbocycles. The van der Waals surface area contributed by atoms with E-state index in [0.717, 1.165) is 30.8 Å². The Bertz CT molecular complexity index is 1490. The van der Waals surface area contributed by atoms with Crippen LogP contribution in [-0.2, 0) is 7.05 Å². The lowest BCUT2D eigenvalue weighted by molar-refractivity contribution is 0.262. The maximum Gasteiger partial charge on any atom is 0.323 e. The van der Waals surface area contributed by atoms with Gasteiger partial charge >= 0.3 is 6.03 Å². The van der Waals surface area contributed by atoms with Crippen molar-refractivity contribution in [2.24, 2.45) is 7.05 Å². The number of rotatable bonds is 7. The highest BCUT2D eigenvalue weighted by Crippen LogP contribution is 2.31. The number of anilines is 3. The maximum absolute atomic E-state index is 14.6. The molecule has 2 aromatic heterocycles. The summed E-state index contributed by atoms with van der Waals surface area (Å²) in [6.45, 7) is 1.77. The van der Waals surface area contributed by atoms with Crippen molar-refractivity contribution in [1.29, 1.82) is 0 Å². The van der Waals surface area contributed by atoms with Crippen LogP contribution in [0.1, 0.15) is 6.42 Å². The van der Waals surface area contributed by atoms with Crippen LogP contribution >= 0.6 is 11.6 Å². The fourth-order valence-corrected chi connectivity index (χ4v) is 4.73. The molecule has 5 rings (SSSR count). The molecule has 11 heteroatoms. The largest absolute Gasteiger partial charge is 0.457 e. The fraction of sp³-hybridized carbons (Fsp3) is 0.250. The smallest absolute Gasteiger partial charge is 0.323 e. The molecule has 2 amide bonds. The predicted octanol–water partition coefficient (Wildman–Crippen LogP) is 5.85. The van der Waals surface area contributed by atoms with E-state index in [1.54, 1.807) is 35.3 Å². The van der Waals surface area contributed by atoms with Crippen LogP contribution in [0.15, 0.2) is 67.1 Å². The topological polar surface area (TPSA) is 87.6 Å². The van der Waals surface area contributed by atoms with Gasteiger partial charge in [-0.05, 0) is 56.9 Å². The van der Waals surface area contributed by atoms with Crippen molar-refractivity contribution in [2.45, 2.75) is 12.5 Å². The Kier molecular flexibility index (Phi) is 7.67. The molecular weight excluding hydrogens is 521 g/mol. The summed E-state index contributed by atoms with van der Waals surface area (Å²) >= 11 is 6.35.